The first kappa shape index (κ1) is 23.3. The predicted molar refractivity (Wildman–Crippen MR) is 128 cm³/mol. The van der Waals surface area contributed by atoms with Gasteiger partial charge in [-0.15, -0.1) is 0 Å². The van der Waals surface area contributed by atoms with Crippen molar-refractivity contribution in [2.45, 2.75) is 19.1 Å². The third kappa shape index (κ3) is 4.21. The zero-order valence-electron chi connectivity index (χ0n) is 19.4. The molecule has 3 aromatic heterocycles. The molecule has 0 radical (unpaired) electrons. The van der Waals surface area contributed by atoms with Gasteiger partial charge in [0.05, 0.1) is 34.1 Å². The van der Waals surface area contributed by atoms with Gasteiger partial charge < -0.3 is 9.88 Å². The number of halogens is 3. The number of para-hydroxylation sites is 2. The van der Waals surface area contributed by atoms with Gasteiger partial charge in [-0.3, -0.25) is 4.79 Å². The first-order valence-electron chi connectivity index (χ1n) is 11.1. The molecule has 2 aromatic carbocycles. The molecule has 182 valence electrons. The average molecular weight is 490 g/mol. The van der Waals surface area contributed by atoms with E-state index in [0.29, 0.717) is 11.5 Å². The van der Waals surface area contributed by atoms with Gasteiger partial charge in [0.15, 0.2) is 5.82 Å². The van der Waals surface area contributed by atoms with Gasteiger partial charge in [-0.25, -0.2) is 14.6 Å². The fourth-order valence-corrected chi connectivity index (χ4v) is 4.12. The molecule has 3 heterocycles. The highest BCUT2D eigenvalue weighted by molar-refractivity contribution is 5.95. The zero-order chi connectivity index (χ0) is 25.4. The lowest BCUT2D eigenvalue weighted by Gasteiger charge is -2.19. The summed E-state index contributed by atoms with van der Waals surface area (Å²) in [6, 6.07) is 18.8. The summed E-state index contributed by atoms with van der Waals surface area (Å²) in [4.78, 5) is 22.0. The smallest absolute Gasteiger partial charge is 0.338 e. The average Bonchev–Trinajstić information content (AvgIpc) is 3.42. The number of aromatic nitrogens is 5. The number of nitrogens with zero attached hydrogens (tertiary/aromatic N) is 5. The van der Waals surface area contributed by atoms with Crippen molar-refractivity contribution in [2.24, 2.45) is 7.05 Å². The molecule has 1 unspecified atom stereocenters. The molecule has 10 heteroatoms. The molecule has 0 spiro atoms. The van der Waals surface area contributed by atoms with Crippen LogP contribution in [-0.2, 0) is 13.2 Å². The van der Waals surface area contributed by atoms with E-state index in [1.165, 1.54) is 16.9 Å². The van der Waals surface area contributed by atoms with Crippen molar-refractivity contribution in [2.75, 3.05) is 0 Å². The maximum Gasteiger partial charge on any atom is 0.417 e. The molecule has 5 rings (SSSR count). The van der Waals surface area contributed by atoms with Crippen molar-refractivity contribution in [1.82, 2.24) is 29.6 Å². The van der Waals surface area contributed by atoms with Crippen LogP contribution in [0.4, 0.5) is 13.2 Å². The minimum atomic E-state index is -4.49. The lowest BCUT2D eigenvalue weighted by Crippen LogP contribution is -2.31. The largest absolute Gasteiger partial charge is 0.417 e. The first-order chi connectivity index (χ1) is 17.2. The van der Waals surface area contributed by atoms with Gasteiger partial charge in [0.1, 0.15) is 11.9 Å². The quantitative estimate of drug-likeness (QED) is 0.376. The van der Waals surface area contributed by atoms with Gasteiger partial charge >= 0.3 is 6.18 Å². The van der Waals surface area contributed by atoms with Crippen molar-refractivity contribution in [1.29, 1.82) is 0 Å². The molecule has 1 amide bonds. The molecular weight excluding hydrogens is 469 g/mol. The molecule has 0 aliphatic heterocycles. The highest BCUT2D eigenvalue weighted by Gasteiger charge is 2.31. The number of hydrogen-bond donors (Lipinski definition) is 1. The van der Waals surface area contributed by atoms with Crippen molar-refractivity contribution < 1.29 is 18.0 Å². The summed E-state index contributed by atoms with van der Waals surface area (Å²) in [6.45, 7) is 1.66. The Hall–Kier alpha value is -4.47. The Morgan fingerprint density at radius 2 is 1.69 bits per heavy atom. The van der Waals surface area contributed by atoms with Crippen molar-refractivity contribution in [3.63, 3.8) is 0 Å². The fraction of sp³-hybridized carbons (Fsp3) is 0.154. The van der Waals surface area contributed by atoms with E-state index in [2.05, 4.69) is 15.4 Å². The molecule has 1 N–H and O–H groups in total. The molecule has 0 bridgehead atoms. The third-order valence-corrected chi connectivity index (χ3v) is 6.03. The third-order valence-electron chi connectivity index (χ3n) is 6.03. The number of aryl methyl sites for hydroxylation is 1. The molecule has 1 atom stereocenters. The summed E-state index contributed by atoms with van der Waals surface area (Å²) in [5.41, 5.74) is 2.44. The van der Waals surface area contributed by atoms with Crippen molar-refractivity contribution in [3.8, 4) is 5.82 Å². The van der Waals surface area contributed by atoms with E-state index in [4.69, 9.17) is 4.98 Å². The Labute approximate surface area is 204 Å². The standard InChI is InChI=1S/C26H21F3N6O/c1-16-19(15-31-35(16)22-13-12-18(14-30-22)26(27,28)29)25(36)33-23(17-8-4-3-5-9-17)24-32-20-10-6-7-11-21(20)34(24)2/h3-15,23H,1-2H3,(H,33,36). The van der Waals surface area contributed by atoms with Crippen LogP contribution in [0.3, 0.4) is 0 Å². The van der Waals surface area contributed by atoms with E-state index in [1.54, 1.807) is 6.92 Å². The minimum absolute atomic E-state index is 0.175. The topological polar surface area (TPSA) is 77.6 Å². The normalized spacial score (nSPS) is 12.6. The lowest BCUT2D eigenvalue weighted by atomic mass is 10.1. The monoisotopic (exact) mass is 490 g/mol. The minimum Gasteiger partial charge on any atom is -0.338 e. The second-order valence-corrected chi connectivity index (χ2v) is 8.29. The van der Waals surface area contributed by atoms with E-state index >= 15 is 0 Å². The zero-order valence-corrected chi connectivity index (χ0v) is 19.4. The summed E-state index contributed by atoms with van der Waals surface area (Å²) in [7, 11) is 1.90. The number of hydrogen-bond acceptors (Lipinski definition) is 4. The highest BCUT2D eigenvalue weighted by Crippen LogP contribution is 2.29. The molecule has 0 aliphatic carbocycles. The van der Waals surface area contributed by atoms with Gasteiger partial charge in [0.2, 0.25) is 0 Å². The molecule has 0 saturated heterocycles. The molecule has 0 saturated carbocycles. The van der Waals surface area contributed by atoms with Crippen LogP contribution in [0.2, 0.25) is 0 Å². The van der Waals surface area contributed by atoms with Crippen LogP contribution in [0.15, 0.2) is 79.1 Å². The predicted octanol–water partition coefficient (Wildman–Crippen LogP) is 5.00. The Kier molecular flexibility index (Phi) is 5.79. The molecule has 0 fully saturated rings. The molecular formula is C26H21F3N6O. The highest BCUT2D eigenvalue weighted by atomic mass is 19.4. The van der Waals surface area contributed by atoms with Crippen LogP contribution in [-0.4, -0.2) is 30.2 Å². The first-order valence-corrected chi connectivity index (χ1v) is 11.1. The lowest BCUT2D eigenvalue weighted by molar-refractivity contribution is -0.137. The van der Waals surface area contributed by atoms with Crippen LogP contribution in [0.5, 0.6) is 0 Å². The molecule has 36 heavy (non-hydrogen) atoms. The van der Waals surface area contributed by atoms with Crippen molar-refractivity contribution >= 4 is 16.9 Å². The molecule has 0 aliphatic rings. The second kappa shape index (κ2) is 8.95. The Morgan fingerprint density at radius 1 is 0.972 bits per heavy atom. The van der Waals surface area contributed by atoms with Crippen LogP contribution < -0.4 is 5.32 Å². The molecule has 7 nitrogen and oxygen atoms in total. The summed E-state index contributed by atoms with van der Waals surface area (Å²) >= 11 is 0. The number of benzene rings is 2. The van der Waals surface area contributed by atoms with Crippen molar-refractivity contribution in [3.05, 3.63) is 107 Å². The fourth-order valence-electron chi connectivity index (χ4n) is 4.12. The Balaban J connectivity index is 1.48. The van der Waals surface area contributed by atoms with Crippen LogP contribution in [0, 0.1) is 6.92 Å². The number of pyridine rings is 1. The number of alkyl halides is 3. The number of carbonyl (C=O) groups is 1. The second-order valence-electron chi connectivity index (χ2n) is 8.29. The van der Waals surface area contributed by atoms with Gasteiger partial charge in [-0.2, -0.15) is 18.3 Å². The van der Waals surface area contributed by atoms with E-state index < -0.39 is 23.7 Å². The number of imidazole rings is 1. The summed E-state index contributed by atoms with van der Waals surface area (Å²) in [5.74, 6) is 0.436. The summed E-state index contributed by atoms with van der Waals surface area (Å²) in [5, 5.41) is 7.25. The van der Waals surface area contributed by atoms with Gasteiger partial charge in [-0.05, 0) is 36.8 Å². The summed E-state index contributed by atoms with van der Waals surface area (Å²) in [6.07, 6.45) is -2.37. The number of fused-ring (bicyclic) bond motifs is 1. The van der Waals surface area contributed by atoms with Crippen LogP contribution in [0.25, 0.3) is 16.9 Å². The molecule has 5 aromatic rings. The van der Waals surface area contributed by atoms with Crippen LogP contribution in [0.1, 0.15) is 39.0 Å². The number of amides is 1. The van der Waals surface area contributed by atoms with Gasteiger partial charge in [-0.1, -0.05) is 42.5 Å². The van der Waals surface area contributed by atoms with Crippen LogP contribution >= 0.6 is 0 Å². The number of rotatable bonds is 5. The van der Waals surface area contributed by atoms with Gasteiger partial charge in [0, 0.05) is 13.2 Å². The van der Waals surface area contributed by atoms with E-state index in [-0.39, 0.29) is 11.4 Å². The number of nitrogens with one attached hydrogen (secondary N) is 1. The van der Waals surface area contributed by atoms with E-state index in [9.17, 15) is 18.0 Å². The van der Waals surface area contributed by atoms with E-state index in [0.717, 1.165) is 28.9 Å². The van der Waals surface area contributed by atoms with Gasteiger partial charge in [0.25, 0.3) is 5.91 Å². The summed E-state index contributed by atoms with van der Waals surface area (Å²) < 4.78 is 41.9. The Morgan fingerprint density at radius 3 is 2.36 bits per heavy atom. The van der Waals surface area contributed by atoms with E-state index in [1.807, 2.05) is 66.2 Å². The number of carbonyl (C=O) groups excluding carboxylic acids is 1. The maximum absolute atomic E-state index is 13.4. The maximum atomic E-state index is 13.4. The SMILES string of the molecule is Cc1c(C(=O)NC(c2ccccc2)c2nc3ccccc3n2C)cnn1-c1ccc(C(F)(F)F)cn1. The Bertz CT molecular complexity index is 1540.